The molecule has 1 aromatic rings. The highest BCUT2D eigenvalue weighted by Gasteiger charge is 2.18. The molecule has 0 saturated heterocycles. The molecule has 23 heavy (non-hydrogen) atoms. The third-order valence-corrected chi connectivity index (χ3v) is 4.86. The lowest BCUT2D eigenvalue weighted by molar-refractivity contribution is 0.0748. The minimum atomic E-state index is -3.53. The summed E-state index contributed by atoms with van der Waals surface area (Å²) in [4.78, 5) is 13.9. The molecule has 0 aliphatic rings. The van der Waals surface area contributed by atoms with Crippen molar-refractivity contribution in [3.63, 3.8) is 0 Å². The van der Waals surface area contributed by atoms with Crippen LogP contribution in [0.3, 0.4) is 0 Å². The molecule has 132 valence electrons. The molecule has 0 aliphatic heterocycles. The van der Waals surface area contributed by atoms with Crippen LogP contribution in [0.1, 0.15) is 31.1 Å². The van der Waals surface area contributed by atoms with Gasteiger partial charge in [-0.2, -0.15) is 0 Å². The monoisotopic (exact) mass is 363 g/mol. The molecule has 0 spiro atoms. The van der Waals surface area contributed by atoms with Gasteiger partial charge in [0.15, 0.2) is 0 Å². The predicted molar refractivity (Wildman–Crippen MR) is 94.3 cm³/mol. The van der Waals surface area contributed by atoms with E-state index in [9.17, 15) is 13.2 Å². The first-order chi connectivity index (χ1) is 10.2. The van der Waals surface area contributed by atoms with Crippen molar-refractivity contribution < 1.29 is 13.2 Å². The Morgan fingerprint density at radius 3 is 2.17 bits per heavy atom. The van der Waals surface area contributed by atoms with Crippen molar-refractivity contribution in [2.45, 2.75) is 31.7 Å². The fraction of sp³-hybridized carbons (Fsp3) is 0.533. The maximum absolute atomic E-state index is 12.2. The van der Waals surface area contributed by atoms with Gasteiger partial charge < -0.3 is 10.6 Å². The zero-order valence-electron chi connectivity index (χ0n) is 13.9. The van der Waals surface area contributed by atoms with E-state index in [-0.39, 0.29) is 35.2 Å². The molecule has 6 nitrogen and oxygen atoms in total. The number of benzene rings is 1. The van der Waals surface area contributed by atoms with E-state index in [4.69, 9.17) is 5.73 Å². The van der Waals surface area contributed by atoms with E-state index in [0.29, 0.717) is 18.7 Å². The third-order valence-electron chi connectivity index (χ3n) is 3.42. The quantitative estimate of drug-likeness (QED) is 0.767. The molecule has 1 atom stereocenters. The van der Waals surface area contributed by atoms with Crippen molar-refractivity contribution in [2.75, 3.05) is 20.1 Å². The molecule has 1 rings (SSSR count). The zero-order chi connectivity index (χ0) is 16.9. The van der Waals surface area contributed by atoms with Gasteiger partial charge in [-0.15, -0.1) is 12.4 Å². The van der Waals surface area contributed by atoms with Gasteiger partial charge in [0, 0.05) is 31.7 Å². The Bertz CT molecular complexity index is 603. The van der Waals surface area contributed by atoms with E-state index in [0.717, 1.165) is 0 Å². The number of amides is 1. The molecule has 0 heterocycles. The van der Waals surface area contributed by atoms with Gasteiger partial charge in [0.05, 0.1) is 4.90 Å². The van der Waals surface area contributed by atoms with E-state index in [1.807, 2.05) is 20.8 Å². The smallest absolute Gasteiger partial charge is 0.253 e. The summed E-state index contributed by atoms with van der Waals surface area (Å²) < 4.78 is 26.7. The third kappa shape index (κ3) is 6.10. The SMILES string of the molecule is CC(C)CNS(=O)(=O)c1ccc(C(=O)N(C)C(C)CN)cc1.Cl. The lowest BCUT2D eigenvalue weighted by Gasteiger charge is -2.23. The lowest BCUT2D eigenvalue weighted by atomic mass is 10.2. The summed E-state index contributed by atoms with van der Waals surface area (Å²) >= 11 is 0. The van der Waals surface area contributed by atoms with Crippen LogP contribution >= 0.6 is 12.4 Å². The van der Waals surface area contributed by atoms with Crippen LogP contribution in [-0.4, -0.2) is 45.4 Å². The Morgan fingerprint density at radius 2 is 1.74 bits per heavy atom. The van der Waals surface area contributed by atoms with Gasteiger partial charge in [0.2, 0.25) is 10.0 Å². The van der Waals surface area contributed by atoms with E-state index < -0.39 is 10.0 Å². The molecule has 1 aromatic carbocycles. The van der Waals surface area contributed by atoms with E-state index >= 15 is 0 Å². The Labute approximate surface area is 144 Å². The molecule has 0 aromatic heterocycles. The molecule has 0 aliphatic carbocycles. The van der Waals surface area contributed by atoms with Crippen LogP contribution in [0.4, 0.5) is 0 Å². The molecule has 0 saturated carbocycles. The molecule has 8 heteroatoms. The number of hydrogen-bond acceptors (Lipinski definition) is 4. The fourth-order valence-electron chi connectivity index (χ4n) is 1.70. The second-order valence-electron chi connectivity index (χ2n) is 5.77. The number of nitrogens with one attached hydrogen (secondary N) is 1. The van der Waals surface area contributed by atoms with Crippen molar-refractivity contribution in [3.8, 4) is 0 Å². The van der Waals surface area contributed by atoms with Crippen molar-refractivity contribution >= 4 is 28.3 Å². The topological polar surface area (TPSA) is 92.5 Å². The van der Waals surface area contributed by atoms with Crippen LogP contribution < -0.4 is 10.5 Å². The number of rotatable bonds is 7. The van der Waals surface area contributed by atoms with Crippen LogP contribution in [0.15, 0.2) is 29.2 Å². The fourth-order valence-corrected chi connectivity index (χ4v) is 2.91. The summed E-state index contributed by atoms with van der Waals surface area (Å²) in [7, 11) is -1.86. The van der Waals surface area contributed by atoms with Gasteiger partial charge in [-0.3, -0.25) is 4.79 Å². The number of sulfonamides is 1. The first kappa shape index (κ1) is 21.9. The van der Waals surface area contributed by atoms with Gasteiger partial charge in [-0.05, 0) is 37.1 Å². The molecule has 3 N–H and O–H groups in total. The first-order valence-corrected chi connectivity index (χ1v) is 8.74. The maximum Gasteiger partial charge on any atom is 0.253 e. The van der Waals surface area contributed by atoms with Crippen LogP contribution in [0.25, 0.3) is 0 Å². The van der Waals surface area contributed by atoms with Crippen molar-refractivity contribution in [1.82, 2.24) is 9.62 Å². The second-order valence-corrected chi connectivity index (χ2v) is 7.54. The van der Waals surface area contributed by atoms with Gasteiger partial charge in [-0.25, -0.2) is 13.1 Å². The van der Waals surface area contributed by atoms with Crippen molar-refractivity contribution in [3.05, 3.63) is 29.8 Å². The molecule has 0 radical (unpaired) electrons. The van der Waals surface area contributed by atoms with Gasteiger partial charge in [0.1, 0.15) is 0 Å². The highest BCUT2D eigenvalue weighted by atomic mass is 35.5. The van der Waals surface area contributed by atoms with Crippen LogP contribution in [0.2, 0.25) is 0 Å². The van der Waals surface area contributed by atoms with Crippen LogP contribution in [0, 0.1) is 5.92 Å². The number of carbonyl (C=O) groups is 1. The Kier molecular flexibility index (Phi) is 8.76. The molecule has 1 amide bonds. The van der Waals surface area contributed by atoms with Crippen molar-refractivity contribution in [1.29, 1.82) is 0 Å². The average molecular weight is 364 g/mol. The van der Waals surface area contributed by atoms with Crippen LogP contribution in [0.5, 0.6) is 0 Å². The first-order valence-electron chi connectivity index (χ1n) is 7.26. The number of hydrogen-bond donors (Lipinski definition) is 2. The second kappa shape index (κ2) is 9.22. The normalized spacial score (nSPS) is 12.6. The lowest BCUT2D eigenvalue weighted by Crippen LogP contribution is -2.39. The Balaban J connectivity index is 0.00000484. The summed E-state index contributed by atoms with van der Waals surface area (Å²) in [6, 6.07) is 5.84. The number of likely N-dealkylation sites (N-methyl/N-ethyl adjacent to an activating group) is 1. The van der Waals surface area contributed by atoms with Gasteiger partial charge >= 0.3 is 0 Å². The number of nitrogens with zero attached hydrogens (tertiary/aromatic N) is 1. The number of carbonyl (C=O) groups excluding carboxylic acids is 1. The predicted octanol–water partition coefficient (Wildman–Crippen LogP) is 1.46. The van der Waals surface area contributed by atoms with Crippen LogP contribution in [-0.2, 0) is 10.0 Å². The molecular formula is C15H26ClN3O3S. The highest BCUT2D eigenvalue weighted by molar-refractivity contribution is 7.89. The Morgan fingerprint density at radius 1 is 1.22 bits per heavy atom. The van der Waals surface area contributed by atoms with E-state index in [1.54, 1.807) is 11.9 Å². The van der Waals surface area contributed by atoms with E-state index in [2.05, 4.69) is 4.72 Å². The standard InChI is InChI=1S/C15H25N3O3S.ClH/c1-11(2)10-17-22(20,21)14-7-5-13(6-8-14)15(19)18(4)12(3)9-16;/h5-8,11-12,17H,9-10,16H2,1-4H3;1H. The average Bonchev–Trinajstić information content (AvgIpc) is 2.51. The minimum Gasteiger partial charge on any atom is -0.338 e. The van der Waals surface area contributed by atoms with Gasteiger partial charge in [-0.1, -0.05) is 13.8 Å². The van der Waals surface area contributed by atoms with Gasteiger partial charge in [0.25, 0.3) is 5.91 Å². The summed E-state index contributed by atoms with van der Waals surface area (Å²) in [5, 5.41) is 0. The highest BCUT2D eigenvalue weighted by Crippen LogP contribution is 2.13. The molecule has 0 fully saturated rings. The summed E-state index contributed by atoms with van der Waals surface area (Å²) in [5.74, 6) is 0.0408. The number of halogens is 1. The van der Waals surface area contributed by atoms with E-state index in [1.165, 1.54) is 24.3 Å². The number of nitrogens with two attached hydrogens (primary N) is 1. The molecular weight excluding hydrogens is 338 g/mol. The van der Waals surface area contributed by atoms with Crippen molar-refractivity contribution in [2.24, 2.45) is 11.7 Å². The molecule has 1 unspecified atom stereocenters. The summed E-state index contributed by atoms with van der Waals surface area (Å²) in [5.41, 5.74) is 5.98. The summed E-state index contributed by atoms with van der Waals surface area (Å²) in [6.07, 6.45) is 0. The summed E-state index contributed by atoms with van der Waals surface area (Å²) in [6.45, 7) is 6.46. The maximum atomic E-state index is 12.2. The molecule has 0 bridgehead atoms. The minimum absolute atomic E-state index is 0. The zero-order valence-corrected chi connectivity index (χ0v) is 15.6. The Hall–Kier alpha value is -1.15. The largest absolute Gasteiger partial charge is 0.338 e.